The smallest absolute Gasteiger partial charge is 0.486 e. The van der Waals surface area contributed by atoms with Crippen LogP contribution >= 0.6 is 11.6 Å². The van der Waals surface area contributed by atoms with E-state index >= 15 is 0 Å². The molecule has 0 radical (unpaired) electrons. The number of nitrogens with one attached hydrogen (secondary N) is 1. The topological polar surface area (TPSA) is 83.1 Å². The number of benzene rings is 2. The molecule has 0 aromatic heterocycles. The Hall–Kier alpha value is -3.14. The lowest BCUT2D eigenvalue weighted by molar-refractivity contribution is -0.274. The third-order valence-corrected chi connectivity index (χ3v) is 3.82. The number of amides is 1. The number of halogens is 4. The van der Waals surface area contributed by atoms with E-state index in [9.17, 15) is 22.8 Å². The van der Waals surface area contributed by atoms with Crippen molar-refractivity contribution in [2.45, 2.75) is 6.36 Å². The number of hydrogen-bond donors (Lipinski definition) is 1. The number of anilines is 1. The molecule has 2 aromatic rings. The van der Waals surface area contributed by atoms with E-state index in [0.29, 0.717) is 24.7 Å². The van der Waals surface area contributed by atoms with E-state index in [1.807, 2.05) is 0 Å². The molecule has 0 unspecified atom stereocenters. The average molecular weight is 432 g/mol. The molecule has 0 spiro atoms. The number of alkyl halides is 3. The van der Waals surface area contributed by atoms with Crippen molar-refractivity contribution in [2.75, 3.05) is 25.1 Å². The second-order valence-corrected chi connectivity index (χ2v) is 6.09. The second kappa shape index (κ2) is 8.48. The lowest BCUT2D eigenvalue weighted by Gasteiger charge is -2.19. The molecule has 0 aliphatic carbocycles. The van der Waals surface area contributed by atoms with Crippen LogP contribution in [0.5, 0.6) is 17.2 Å². The van der Waals surface area contributed by atoms with Crippen molar-refractivity contribution in [2.24, 2.45) is 0 Å². The average Bonchev–Trinajstić information content (AvgIpc) is 2.66. The van der Waals surface area contributed by atoms with Crippen LogP contribution in [0.15, 0.2) is 36.4 Å². The predicted octanol–water partition coefficient (Wildman–Crippen LogP) is 3.81. The maximum Gasteiger partial charge on any atom is 0.573 e. The molecule has 0 bridgehead atoms. The molecule has 0 atom stereocenters. The summed E-state index contributed by atoms with van der Waals surface area (Å²) in [7, 11) is 0. The van der Waals surface area contributed by atoms with Gasteiger partial charge < -0.3 is 24.3 Å². The van der Waals surface area contributed by atoms with Gasteiger partial charge in [-0.2, -0.15) is 0 Å². The monoisotopic (exact) mass is 431 g/mol. The Morgan fingerprint density at radius 2 is 1.79 bits per heavy atom. The zero-order valence-corrected chi connectivity index (χ0v) is 15.3. The molecule has 154 valence electrons. The minimum atomic E-state index is -4.81. The van der Waals surface area contributed by atoms with Gasteiger partial charge in [-0.1, -0.05) is 11.6 Å². The molecule has 1 aliphatic heterocycles. The first-order valence-corrected chi connectivity index (χ1v) is 8.51. The zero-order valence-electron chi connectivity index (χ0n) is 14.5. The number of rotatable bonds is 5. The number of hydrogen-bond acceptors (Lipinski definition) is 6. The van der Waals surface area contributed by atoms with E-state index in [0.717, 1.165) is 12.1 Å². The summed E-state index contributed by atoms with van der Waals surface area (Å²) in [6.45, 7) is 0.0166. The number of esters is 1. The number of ether oxygens (including phenoxy) is 4. The Morgan fingerprint density at radius 3 is 2.48 bits per heavy atom. The molecule has 1 amide bonds. The van der Waals surface area contributed by atoms with Crippen LogP contribution in [0.3, 0.4) is 0 Å². The van der Waals surface area contributed by atoms with Gasteiger partial charge in [-0.15, -0.1) is 13.2 Å². The summed E-state index contributed by atoms with van der Waals surface area (Å²) in [4.78, 5) is 24.0. The first kappa shape index (κ1) is 20.6. The van der Waals surface area contributed by atoms with Crippen molar-refractivity contribution in [3.05, 3.63) is 47.0 Å². The zero-order chi connectivity index (χ0) is 21.0. The van der Waals surface area contributed by atoms with Crippen LogP contribution in [0, 0.1) is 0 Å². The van der Waals surface area contributed by atoms with Gasteiger partial charge in [0.2, 0.25) is 0 Å². The summed E-state index contributed by atoms with van der Waals surface area (Å²) in [5, 5.41) is 2.54. The number of fused-ring (bicyclic) bond motifs is 1. The van der Waals surface area contributed by atoms with E-state index < -0.39 is 30.6 Å². The maximum absolute atomic E-state index is 12.1. The second-order valence-electron chi connectivity index (χ2n) is 5.68. The van der Waals surface area contributed by atoms with Gasteiger partial charge in [-0.3, -0.25) is 4.79 Å². The SMILES string of the molecule is O=C(COC(=O)c1cc(Cl)c2c(c1)OCCO2)Nc1ccc(OC(F)(F)F)cc1. The lowest BCUT2D eigenvalue weighted by atomic mass is 10.2. The molecule has 7 nitrogen and oxygen atoms in total. The van der Waals surface area contributed by atoms with E-state index in [-0.39, 0.29) is 16.3 Å². The molecule has 0 saturated heterocycles. The van der Waals surface area contributed by atoms with Crippen LogP contribution in [-0.4, -0.2) is 38.1 Å². The molecule has 29 heavy (non-hydrogen) atoms. The summed E-state index contributed by atoms with van der Waals surface area (Å²) < 4.78 is 55.7. The number of carbonyl (C=O) groups excluding carboxylic acids is 2. The highest BCUT2D eigenvalue weighted by Gasteiger charge is 2.31. The van der Waals surface area contributed by atoms with Crippen molar-refractivity contribution >= 4 is 29.2 Å². The van der Waals surface area contributed by atoms with Crippen LogP contribution in [0.25, 0.3) is 0 Å². The lowest BCUT2D eigenvalue weighted by Crippen LogP contribution is -2.21. The van der Waals surface area contributed by atoms with Gasteiger partial charge in [-0.05, 0) is 36.4 Å². The van der Waals surface area contributed by atoms with Crippen LogP contribution in [0.1, 0.15) is 10.4 Å². The van der Waals surface area contributed by atoms with Gasteiger partial charge in [0.15, 0.2) is 18.1 Å². The highest BCUT2D eigenvalue weighted by molar-refractivity contribution is 6.32. The van der Waals surface area contributed by atoms with Gasteiger partial charge in [0.25, 0.3) is 5.91 Å². The summed E-state index contributed by atoms with van der Waals surface area (Å²) in [5.41, 5.74) is 0.267. The van der Waals surface area contributed by atoms with Crippen molar-refractivity contribution in [1.82, 2.24) is 0 Å². The molecular formula is C18H13ClF3NO6. The minimum absolute atomic E-state index is 0.0701. The molecule has 1 aliphatic rings. The third-order valence-electron chi connectivity index (χ3n) is 3.54. The molecule has 2 aromatic carbocycles. The van der Waals surface area contributed by atoms with Gasteiger partial charge in [0, 0.05) is 5.69 Å². The van der Waals surface area contributed by atoms with E-state index in [1.54, 1.807) is 0 Å². The first-order chi connectivity index (χ1) is 13.7. The molecule has 3 rings (SSSR count). The highest BCUT2D eigenvalue weighted by atomic mass is 35.5. The van der Waals surface area contributed by atoms with Gasteiger partial charge >= 0.3 is 12.3 Å². The summed E-state index contributed by atoms with van der Waals surface area (Å²) >= 11 is 6.04. The largest absolute Gasteiger partial charge is 0.573 e. The Bertz CT molecular complexity index is 917. The minimum Gasteiger partial charge on any atom is -0.486 e. The fourth-order valence-corrected chi connectivity index (χ4v) is 2.65. The van der Waals surface area contributed by atoms with Crippen LogP contribution < -0.4 is 19.5 Å². The highest BCUT2D eigenvalue weighted by Crippen LogP contribution is 2.38. The molecule has 1 heterocycles. The Morgan fingerprint density at radius 1 is 1.10 bits per heavy atom. The van der Waals surface area contributed by atoms with Crippen LogP contribution in [-0.2, 0) is 9.53 Å². The fraction of sp³-hybridized carbons (Fsp3) is 0.222. The molecular weight excluding hydrogens is 419 g/mol. The Labute approximate surface area is 167 Å². The fourth-order valence-electron chi connectivity index (χ4n) is 2.38. The summed E-state index contributed by atoms with van der Waals surface area (Å²) in [6, 6.07) is 7.20. The molecule has 1 N–H and O–H groups in total. The van der Waals surface area contributed by atoms with Gasteiger partial charge in [-0.25, -0.2) is 4.79 Å². The van der Waals surface area contributed by atoms with E-state index in [4.69, 9.17) is 25.8 Å². The third kappa shape index (κ3) is 5.67. The Kier molecular flexibility index (Phi) is 6.02. The quantitative estimate of drug-likeness (QED) is 0.725. The van der Waals surface area contributed by atoms with Gasteiger partial charge in [0.05, 0.1) is 10.6 Å². The summed E-state index contributed by atoms with van der Waals surface area (Å²) in [5.74, 6) is -1.32. The standard InChI is InChI=1S/C18H13ClF3NO6/c19-13-7-10(8-14-16(13)27-6-5-26-14)17(25)28-9-15(24)23-11-1-3-12(4-2-11)29-18(20,21)22/h1-4,7-8H,5-6,9H2,(H,23,24). The maximum atomic E-state index is 12.1. The Balaban J connectivity index is 1.54. The van der Waals surface area contributed by atoms with Crippen molar-refractivity contribution in [3.8, 4) is 17.2 Å². The molecule has 11 heteroatoms. The first-order valence-electron chi connectivity index (χ1n) is 8.13. The van der Waals surface area contributed by atoms with Crippen LogP contribution in [0.4, 0.5) is 18.9 Å². The summed E-state index contributed by atoms with van der Waals surface area (Å²) in [6.07, 6.45) is -4.81. The van der Waals surface area contributed by atoms with E-state index in [1.165, 1.54) is 24.3 Å². The molecule has 0 saturated carbocycles. The van der Waals surface area contributed by atoms with Crippen molar-refractivity contribution < 1.29 is 41.7 Å². The van der Waals surface area contributed by atoms with Gasteiger partial charge in [0.1, 0.15) is 19.0 Å². The normalized spacial score (nSPS) is 12.8. The van der Waals surface area contributed by atoms with Crippen LogP contribution in [0.2, 0.25) is 5.02 Å². The predicted molar refractivity (Wildman–Crippen MR) is 94.5 cm³/mol. The van der Waals surface area contributed by atoms with Crippen molar-refractivity contribution in [3.63, 3.8) is 0 Å². The van der Waals surface area contributed by atoms with Crippen molar-refractivity contribution in [1.29, 1.82) is 0 Å². The van der Waals surface area contributed by atoms with E-state index in [2.05, 4.69) is 10.1 Å². The molecule has 0 fully saturated rings. The number of carbonyl (C=O) groups is 2.